The number of piperidine rings is 1. The molecule has 0 bridgehead atoms. The van der Waals surface area contributed by atoms with Gasteiger partial charge in [-0.3, -0.25) is 9.20 Å². The Hall–Kier alpha value is -1.95. The van der Waals surface area contributed by atoms with Crippen molar-refractivity contribution in [1.82, 2.24) is 24.8 Å². The maximum absolute atomic E-state index is 12.3. The number of rotatable bonds is 5. The molecule has 23 heavy (non-hydrogen) atoms. The highest BCUT2D eigenvalue weighted by Gasteiger charge is 2.20. The van der Waals surface area contributed by atoms with Crippen molar-refractivity contribution in [2.45, 2.75) is 39.2 Å². The zero-order chi connectivity index (χ0) is 16.2. The van der Waals surface area contributed by atoms with E-state index < -0.39 is 0 Å². The summed E-state index contributed by atoms with van der Waals surface area (Å²) in [6, 6.07) is 4.27. The number of amides is 1. The number of likely N-dealkylation sites (tertiary alicyclic amines) is 1. The molecule has 0 aliphatic carbocycles. The van der Waals surface area contributed by atoms with Crippen LogP contribution < -0.4 is 5.32 Å². The fourth-order valence-corrected chi connectivity index (χ4v) is 3.27. The lowest BCUT2D eigenvalue weighted by Gasteiger charge is -2.34. The number of nitrogens with one attached hydrogen (secondary N) is 1. The molecule has 3 rings (SSSR count). The SMILES string of the molecule is CC(C)N1CCC(CCNC(=O)c2cccn3cnnc23)CC1. The molecule has 1 N–H and O–H groups in total. The van der Waals surface area contributed by atoms with E-state index >= 15 is 0 Å². The average molecular weight is 315 g/mol. The maximum atomic E-state index is 12.3. The van der Waals surface area contributed by atoms with Crippen molar-refractivity contribution in [3.63, 3.8) is 0 Å². The van der Waals surface area contributed by atoms with Crippen LogP contribution in [-0.4, -0.2) is 51.1 Å². The highest BCUT2D eigenvalue weighted by molar-refractivity contribution is 5.99. The monoisotopic (exact) mass is 315 g/mol. The van der Waals surface area contributed by atoms with Crippen molar-refractivity contribution < 1.29 is 4.79 Å². The number of carbonyl (C=O) groups is 1. The van der Waals surface area contributed by atoms with Gasteiger partial charge in [0, 0.05) is 18.8 Å². The molecule has 0 radical (unpaired) electrons. The van der Waals surface area contributed by atoms with E-state index in [-0.39, 0.29) is 5.91 Å². The van der Waals surface area contributed by atoms with E-state index in [0.717, 1.165) is 13.0 Å². The first-order valence-corrected chi connectivity index (χ1v) is 8.45. The first-order valence-electron chi connectivity index (χ1n) is 8.45. The van der Waals surface area contributed by atoms with Gasteiger partial charge in [-0.2, -0.15) is 0 Å². The second-order valence-electron chi connectivity index (χ2n) is 6.60. The van der Waals surface area contributed by atoms with Crippen LogP contribution in [0.5, 0.6) is 0 Å². The number of pyridine rings is 1. The van der Waals surface area contributed by atoms with E-state index in [0.29, 0.717) is 23.2 Å². The summed E-state index contributed by atoms with van der Waals surface area (Å²) in [7, 11) is 0. The Morgan fingerprint density at radius 2 is 2.17 bits per heavy atom. The van der Waals surface area contributed by atoms with Gasteiger partial charge in [0.25, 0.3) is 5.91 Å². The van der Waals surface area contributed by atoms with Crippen LogP contribution in [0.25, 0.3) is 5.65 Å². The Kier molecular flexibility index (Phi) is 4.91. The molecule has 0 aromatic carbocycles. The van der Waals surface area contributed by atoms with Gasteiger partial charge >= 0.3 is 0 Å². The number of nitrogens with zero attached hydrogens (tertiary/aromatic N) is 4. The molecule has 1 amide bonds. The third kappa shape index (κ3) is 3.69. The first kappa shape index (κ1) is 15.9. The number of aromatic nitrogens is 3. The quantitative estimate of drug-likeness (QED) is 0.916. The lowest BCUT2D eigenvalue weighted by Crippen LogP contribution is -2.39. The zero-order valence-corrected chi connectivity index (χ0v) is 13.9. The van der Waals surface area contributed by atoms with Crippen LogP contribution in [0.3, 0.4) is 0 Å². The minimum atomic E-state index is -0.0665. The molecule has 3 heterocycles. The third-order valence-electron chi connectivity index (χ3n) is 4.79. The largest absolute Gasteiger partial charge is 0.352 e. The van der Waals surface area contributed by atoms with Crippen molar-refractivity contribution >= 4 is 11.6 Å². The second kappa shape index (κ2) is 7.08. The average Bonchev–Trinajstić information content (AvgIpc) is 3.03. The number of carbonyl (C=O) groups excluding carboxylic acids is 1. The molecule has 0 atom stereocenters. The van der Waals surface area contributed by atoms with Crippen molar-refractivity contribution in [3.8, 4) is 0 Å². The van der Waals surface area contributed by atoms with Gasteiger partial charge in [-0.1, -0.05) is 0 Å². The maximum Gasteiger partial charge on any atom is 0.255 e. The summed E-state index contributed by atoms with van der Waals surface area (Å²) >= 11 is 0. The fourth-order valence-electron chi connectivity index (χ4n) is 3.27. The van der Waals surface area contributed by atoms with Crippen molar-refractivity contribution in [2.24, 2.45) is 5.92 Å². The van der Waals surface area contributed by atoms with Gasteiger partial charge in [-0.15, -0.1) is 10.2 Å². The van der Waals surface area contributed by atoms with Gasteiger partial charge in [0.1, 0.15) is 6.33 Å². The van der Waals surface area contributed by atoms with E-state index in [1.165, 1.54) is 25.9 Å². The third-order valence-corrected chi connectivity index (χ3v) is 4.79. The predicted molar refractivity (Wildman–Crippen MR) is 89.4 cm³/mol. The molecule has 1 saturated heterocycles. The van der Waals surface area contributed by atoms with Crippen LogP contribution in [-0.2, 0) is 0 Å². The standard InChI is InChI=1S/C17H25N5O/c1-13(2)21-10-6-14(7-11-21)5-8-18-17(23)15-4-3-9-22-12-19-20-16(15)22/h3-4,9,12-14H,5-8,10-11H2,1-2H3,(H,18,23). The molecule has 2 aromatic heterocycles. The van der Waals surface area contributed by atoms with E-state index in [2.05, 4.69) is 34.3 Å². The van der Waals surface area contributed by atoms with Crippen LogP contribution in [0.15, 0.2) is 24.7 Å². The van der Waals surface area contributed by atoms with Gasteiger partial charge in [0.15, 0.2) is 5.65 Å². The number of hydrogen-bond donors (Lipinski definition) is 1. The molecule has 0 saturated carbocycles. The van der Waals surface area contributed by atoms with Crippen molar-refractivity contribution in [1.29, 1.82) is 0 Å². The highest BCUT2D eigenvalue weighted by Crippen LogP contribution is 2.21. The van der Waals surface area contributed by atoms with E-state index in [1.54, 1.807) is 16.8 Å². The van der Waals surface area contributed by atoms with Crippen molar-refractivity contribution in [2.75, 3.05) is 19.6 Å². The van der Waals surface area contributed by atoms with Crippen LogP contribution in [0.2, 0.25) is 0 Å². The fraction of sp³-hybridized carbons (Fsp3) is 0.588. The molecular formula is C17H25N5O. The van der Waals surface area contributed by atoms with E-state index in [4.69, 9.17) is 0 Å². The second-order valence-corrected chi connectivity index (χ2v) is 6.60. The number of hydrogen-bond acceptors (Lipinski definition) is 4. The molecule has 0 spiro atoms. The van der Waals surface area contributed by atoms with Gasteiger partial charge < -0.3 is 10.2 Å². The molecular weight excluding hydrogens is 290 g/mol. The first-order chi connectivity index (χ1) is 11.1. The highest BCUT2D eigenvalue weighted by atomic mass is 16.1. The summed E-state index contributed by atoms with van der Waals surface area (Å²) in [6.07, 6.45) is 6.96. The van der Waals surface area contributed by atoms with Gasteiger partial charge in [0.2, 0.25) is 0 Å². The molecule has 1 fully saturated rings. The van der Waals surface area contributed by atoms with Crippen LogP contribution in [0, 0.1) is 5.92 Å². The molecule has 124 valence electrons. The lowest BCUT2D eigenvalue weighted by molar-refractivity contribution is 0.0947. The summed E-state index contributed by atoms with van der Waals surface area (Å²) in [4.78, 5) is 14.9. The molecule has 2 aromatic rings. The van der Waals surface area contributed by atoms with Crippen LogP contribution >= 0.6 is 0 Å². The Morgan fingerprint density at radius 3 is 2.91 bits per heavy atom. The predicted octanol–water partition coefficient (Wildman–Crippen LogP) is 1.97. The minimum Gasteiger partial charge on any atom is -0.352 e. The van der Waals surface area contributed by atoms with Gasteiger partial charge in [-0.05, 0) is 64.3 Å². The topological polar surface area (TPSA) is 62.5 Å². The summed E-state index contributed by atoms with van der Waals surface area (Å²) in [5.41, 5.74) is 1.19. The number of fused-ring (bicyclic) bond motifs is 1. The molecule has 1 aliphatic rings. The summed E-state index contributed by atoms with van der Waals surface area (Å²) in [5, 5.41) is 10.9. The van der Waals surface area contributed by atoms with Crippen LogP contribution in [0.4, 0.5) is 0 Å². The van der Waals surface area contributed by atoms with Crippen LogP contribution in [0.1, 0.15) is 43.5 Å². The van der Waals surface area contributed by atoms with E-state index in [1.807, 2.05) is 12.3 Å². The Bertz CT molecular complexity index is 658. The normalized spacial score (nSPS) is 17.0. The molecule has 6 heteroatoms. The molecule has 6 nitrogen and oxygen atoms in total. The smallest absolute Gasteiger partial charge is 0.255 e. The summed E-state index contributed by atoms with van der Waals surface area (Å²) < 4.78 is 1.76. The summed E-state index contributed by atoms with van der Waals surface area (Å²) in [5.74, 6) is 0.650. The Labute approximate surface area is 136 Å². The van der Waals surface area contributed by atoms with Gasteiger partial charge in [0.05, 0.1) is 5.56 Å². The molecule has 0 unspecified atom stereocenters. The minimum absolute atomic E-state index is 0.0665. The van der Waals surface area contributed by atoms with Gasteiger partial charge in [-0.25, -0.2) is 0 Å². The van der Waals surface area contributed by atoms with Crippen molar-refractivity contribution in [3.05, 3.63) is 30.2 Å². The summed E-state index contributed by atoms with van der Waals surface area (Å²) in [6.45, 7) is 7.59. The zero-order valence-electron chi connectivity index (χ0n) is 13.9. The Balaban J connectivity index is 1.48. The lowest BCUT2D eigenvalue weighted by atomic mass is 9.93. The Morgan fingerprint density at radius 1 is 1.39 bits per heavy atom. The molecule has 1 aliphatic heterocycles. The van der Waals surface area contributed by atoms with E-state index in [9.17, 15) is 4.79 Å².